The van der Waals surface area contributed by atoms with Crippen molar-refractivity contribution in [3.05, 3.63) is 47.5 Å². The molecule has 1 aromatic rings. The highest BCUT2D eigenvalue weighted by Crippen LogP contribution is 2.42. The number of aryl methyl sites for hydroxylation is 1. The van der Waals surface area contributed by atoms with Crippen LogP contribution < -0.4 is 0 Å². The lowest BCUT2D eigenvalue weighted by Gasteiger charge is -2.37. The highest BCUT2D eigenvalue weighted by Gasteiger charge is 2.30. The summed E-state index contributed by atoms with van der Waals surface area (Å²) < 4.78 is 26.5. The van der Waals surface area contributed by atoms with Crippen LogP contribution in [0.15, 0.2) is 30.4 Å². The number of allylic oxidation sites excluding steroid dienone is 2. The molecule has 0 bridgehead atoms. The van der Waals surface area contributed by atoms with Crippen molar-refractivity contribution in [1.82, 2.24) is 0 Å². The molecule has 0 radical (unpaired) electrons. The molecule has 0 N–H and O–H groups in total. The molecule has 0 saturated heterocycles. The fourth-order valence-corrected chi connectivity index (χ4v) is 6.93. The minimum atomic E-state index is -0.742. The molecule has 4 rings (SSSR count). The third kappa shape index (κ3) is 6.67. The Hall–Kier alpha value is -1.18. The fraction of sp³-hybridized carbons (Fsp3) is 0.733. The molecule has 178 valence electrons. The van der Waals surface area contributed by atoms with Crippen molar-refractivity contribution in [3.63, 3.8) is 0 Å². The molecular formula is C30H44F2. The quantitative estimate of drug-likeness (QED) is 0.369. The summed E-state index contributed by atoms with van der Waals surface area (Å²) in [6.07, 6.45) is 25.4. The summed E-state index contributed by atoms with van der Waals surface area (Å²) in [5.74, 6) is 3.94. The van der Waals surface area contributed by atoms with E-state index in [1.165, 1.54) is 95.6 Å². The molecule has 3 aliphatic rings. The average Bonchev–Trinajstić information content (AvgIpc) is 2.84. The van der Waals surface area contributed by atoms with Gasteiger partial charge in [0.25, 0.3) is 0 Å². The van der Waals surface area contributed by atoms with E-state index < -0.39 is 11.6 Å². The van der Waals surface area contributed by atoms with E-state index in [0.29, 0.717) is 0 Å². The van der Waals surface area contributed by atoms with Crippen molar-refractivity contribution in [2.45, 2.75) is 103 Å². The van der Waals surface area contributed by atoms with Crippen LogP contribution in [0.1, 0.15) is 102 Å². The molecule has 0 nitrogen and oxygen atoms in total. The first-order valence-corrected chi connectivity index (χ1v) is 13.7. The van der Waals surface area contributed by atoms with E-state index in [4.69, 9.17) is 0 Å². The maximum atomic E-state index is 13.4. The van der Waals surface area contributed by atoms with E-state index in [2.05, 4.69) is 19.1 Å². The molecule has 3 saturated carbocycles. The average molecular weight is 443 g/mol. The molecule has 0 aliphatic heterocycles. The lowest BCUT2D eigenvalue weighted by atomic mass is 9.69. The lowest BCUT2D eigenvalue weighted by molar-refractivity contribution is 0.154. The maximum absolute atomic E-state index is 13.4. The summed E-state index contributed by atoms with van der Waals surface area (Å²) in [7, 11) is 0. The molecule has 2 heteroatoms. The molecule has 3 fully saturated rings. The summed E-state index contributed by atoms with van der Waals surface area (Å²) >= 11 is 0. The third-order valence-corrected chi connectivity index (χ3v) is 9.32. The molecule has 0 amide bonds. The van der Waals surface area contributed by atoms with Crippen molar-refractivity contribution in [1.29, 1.82) is 0 Å². The Morgan fingerprint density at radius 1 is 0.688 bits per heavy atom. The first-order valence-electron chi connectivity index (χ1n) is 13.7. The predicted molar refractivity (Wildman–Crippen MR) is 130 cm³/mol. The second kappa shape index (κ2) is 11.8. The highest BCUT2D eigenvalue weighted by atomic mass is 19.2. The van der Waals surface area contributed by atoms with Crippen LogP contribution in [-0.2, 0) is 6.42 Å². The normalized spacial score (nSPS) is 34.1. The zero-order valence-corrected chi connectivity index (χ0v) is 20.2. The molecule has 32 heavy (non-hydrogen) atoms. The van der Waals surface area contributed by atoms with Gasteiger partial charge >= 0.3 is 0 Å². The van der Waals surface area contributed by atoms with Gasteiger partial charge in [0.1, 0.15) is 0 Å². The Morgan fingerprint density at radius 3 is 1.78 bits per heavy atom. The van der Waals surface area contributed by atoms with Gasteiger partial charge in [0.2, 0.25) is 0 Å². The second-order valence-corrected chi connectivity index (χ2v) is 11.3. The van der Waals surface area contributed by atoms with E-state index in [1.54, 1.807) is 6.07 Å². The number of rotatable bonds is 7. The Kier molecular flexibility index (Phi) is 8.83. The van der Waals surface area contributed by atoms with Gasteiger partial charge in [0.05, 0.1) is 0 Å². The largest absolute Gasteiger partial charge is 0.204 e. The summed E-state index contributed by atoms with van der Waals surface area (Å²) in [5, 5.41) is 0. The van der Waals surface area contributed by atoms with Crippen LogP contribution >= 0.6 is 0 Å². The van der Waals surface area contributed by atoms with Gasteiger partial charge in [0.15, 0.2) is 11.6 Å². The summed E-state index contributed by atoms with van der Waals surface area (Å²) in [6.45, 7) is 2.37. The number of hydrogen-bond donors (Lipinski definition) is 0. The zero-order valence-electron chi connectivity index (χ0n) is 20.2. The number of benzene rings is 1. The van der Waals surface area contributed by atoms with E-state index in [1.807, 2.05) is 0 Å². The van der Waals surface area contributed by atoms with Crippen LogP contribution in [0.4, 0.5) is 8.78 Å². The van der Waals surface area contributed by atoms with Gasteiger partial charge in [-0.05, 0) is 130 Å². The van der Waals surface area contributed by atoms with E-state index in [9.17, 15) is 8.78 Å². The number of hydrogen-bond acceptors (Lipinski definition) is 0. The van der Waals surface area contributed by atoms with Crippen molar-refractivity contribution < 1.29 is 8.78 Å². The monoisotopic (exact) mass is 442 g/mol. The van der Waals surface area contributed by atoms with Crippen molar-refractivity contribution in [2.24, 2.45) is 35.5 Å². The smallest absolute Gasteiger partial charge is 0.159 e. The van der Waals surface area contributed by atoms with Crippen molar-refractivity contribution in [3.8, 4) is 0 Å². The van der Waals surface area contributed by atoms with E-state index >= 15 is 0 Å². The Morgan fingerprint density at radius 2 is 1.22 bits per heavy atom. The lowest BCUT2D eigenvalue weighted by Crippen LogP contribution is -2.25. The molecular weight excluding hydrogens is 398 g/mol. The van der Waals surface area contributed by atoms with Crippen LogP contribution in [0.3, 0.4) is 0 Å². The summed E-state index contributed by atoms with van der Waals surface area (Å²) in [5.41, 5.74) is 0.930. The zero-order chi connectivity index (χ0) is 22.3. The van der Waals surface area contributed by atoms with Crippen LogP contribution in [0.5, 0.6) is 0 Å². The van der Waals surface area contributed by atoms with Gasteiger partial charge in [-0.25, -0.2) is 8.78 Å². The van der Waals surface area contributed by atoms with E-state index in [0.717, 1.165) is 53.9 Å². The first kappa shape index (κ1) is 24.0. The topological polar surface area (TPSA) is 0 Å². The Bertz CT molecular complexity index is 714. The van der Waals surface area contributed by atoms with Gasteiger partial charge in [0, 0.05) is 0 Å². The van der Waals surface area contributed by atoms with Crippen LogP contribution in [0.25, 0.3) is 0 Å². The first-order chi connectivity index (χ1) is 15.6. The van der Waals surface area contributed by atoms with Crippen molar-refractivity contribution >= 4 is 0 Å². The molecule has 3 aliphatic carbocycles. The Labute approximate surface area is 195 Å². The predicted octanol–water partition coefficient (Wildman–Crippen LogP) is 9.28. The molecule has 0 aromatic heterocycles. The minimum Gasteiger partial charge on any atom is -0.204 e. The standard InChI is InChI=1S/C30H44F2/c1-2-22-11-16-27(17-12-22)28-18-13-25(14-19-28)8-7-23-3-5-24(6-4-23)9-10-26-15-20-29(31)30(32)21-26/h7-8,15,20-25,27-28H,2-6,9-14,16-19H2,1H3/t22-,23-,24-,25-,27-,28-. The molecule has 1 aromatic carbocycles. The summed E-state index contributed by atoms with van der Waals surface area (Å²) in [4.78, 5) is 0. The maximum Gasteiger partial charge on any atom is 0.159 e. The SMILES string of the molecule is CC[C@H]1CC[C@H]([C@H]2CC[C@H](C=C[C@H]3CC[C@H](CCc4ccc(F)c(F)c4)CC3)CC2)CC1. The fourth-order valence-electron chi connectivity index (χ4n) is 6.93. The second-order valence-electron chi connectivity index (χ2n) is 11.3. The van der Waals surface area contributed by atoms with Gasteiger partial charge in [-0.2, -0.15) is 0 Å². The number of halogens is 2. The molecule has 0 unspecified atom stereocenters. The summed E-state index contributed by atoms with van der Waals surface area (Å²) in [6, 6.07) is 4.36. The molecule has 0 heterocycles. The Balaban J connectivity index is 1.12. The minimum absolute atomic E-state index is 0.714. The van der Waals surface area contributed by atoms with Gasteiger partial charge in [-0.15, -0.1) is 0 Å². The van der Waals surface area contributed by atoms with Crippen LogP contribution in [0.2, 0.25) is 0 Å². The van der Waals surface area contributed by atoms with Gasteiger partial charge in [-0.1, -0.05) is 44.4 Å². The van der Waals surface area contributed by atoms with Crippen LogP contribution in [0, 0.1) is 47.1 Å². The molecule has 0 spiro atoms. The van der Waals surface area contributed by atoms with Gasteiger partial charge < -0.3 is 0 Å². The van der Waals surface area contributed by atoms with Crippen molar-refractivity contribution in [2.75, 3.05) is 0 Å². The molecule has 0 atom stereocenters. The third-order valence-electron chi connectivity index (χ3n) is 9.32. The highest BCUT2D eigenvalue weighted by molar-refractivity contribution is 5.18. The van der Waals surface area contributed by atoms with Gasteiger partial charge in [-0.3, -0.25) is 0 Å². The van der Waals surface area contributed by atoms with Crippen LogP contribution in [-0.4, -0.2) is 0 Å². The van der Waals surface area contributed by atoms with E-state index in [-0.39, 0.29) is 0 Å².